The van der Waals surface area contributed by atoms with Gasteiger partial charge in [0.15, 0.2) is 0 Å². The van der Waals surface area contributed by atoms with Gasteiger partial charge >= 0.3 is 0 Å². The van der Waals surface area contributed by atoms with Crippen LogP contribution in [0.4, 0.5) is 0 Å². The molecule has 1 aromatic rings. The number of hydrogen-bond acceptors (Lipinski definition) is 5. The molecule has 0 bridgehead atoms. The van der Waals surface area contributed by atoms with Crippen LogP contribution in [0.1, 0.15) is 35.9 Å². The van der Waals surface area contributed by atoms with E-state index in [0.717, 1.165) is 0 Å². The number of carbonyl (C=O) groups excluding carboxylic acids is 2. The number of nitrogens with zero attached hydrogens (tertiary/aromatic N) is 3. The SMILES string of the molecule is C=CC1=C(C=C)C(=O)NC(c2ccc(OCN)c(C(=O)N=[N+]=[N-])c2)N1.CC. The molecule has 2 rings (SSSR count). The third kappa shape index (κ3) is 4.97. The molecule has 0 aliphatic carbocycles. The fourth-order valence-electron chi connectivity index (χ4n) is 2.34. The van der Waals surface area contributed by atoms with Crippen molar-refractivity contribution in [1.29, 1.82) is 0 Å². The van der Waals surface area contributed by atoms with Crippen LogP contribution in [0.25, 0.3) is 10.4 Å². The highest BCUT2D eigenvalue weighted by atomic mass is 16.5. The van der Waals surface area contributed by atoms with Crippen LogP contribution in [-0.4, -0.2) is 18.5 Å². The van der Waals surface area contributed by atoms with E-state index in [0.29, 0.717) is 16.8 Å². The Morgan fingerprint density at radius 2 is 2.07 bits per heavy atom. The molecule has 1 aliphatic heterocycles. The second-order valence-corrected chi connectivity index (χ2v) is 4.85. The lowest BCUT2D eigenvalue weighted by Gasteiger charge is -2.28. The minimum atomic E-state index is -0.818. The number of amides is 2. The summed E-state index contributed by atoms with van der Waals surface area (Å²) in [6.07, 6.45) is 2.30. The van der Waals surface area contributed by atoms with Crippen molar-refractivity contribution in [2.75, 3.05) is 6.73 Å². The predicted molar refractivity (Wildman–Crippen MR) is 102 cm³/mol. The summed E-state index contributed by atoms with van der Waals surface area (Å²) in [6.45, 7) is 11.1. The number of nitrogens with two attached hydrogens (primary N) is 1. The smallest absolute Gasteiger partial charge is 0.255 e. The number of nitrogens with one attached hydrogen (secondary N) is 2. The first-order valence-corrected chi connectivity index (χ1v) is 8.18. The van der Waals surface area contributed by atoms with Gasteiger partial charge in [-0.25, -0.2) is 0 Å². The van der Waals surface area contributed by atoms with Crippen LogP contribution in [0.3, 0.4) is 0 Å². The zero-order valence-electron chi connectivity index (χ0n) is 15.2. The van der Waals surface area contributed by atoms with E-state index < -0.39 is 12.1 Å². The lowest BCUT2D eigenvalue weighted by Crippen LogP contribution is -2.43. The maximum atomic E-state index is 12.2. The molecular weight excluding hydrogens is 348 g/mol. The van der Waals surface area contributed by atoms with E-state index in [1.807, 2.05) is 13.8 Å². The number of azide groups is 1. The molecule has 0 spiro atoms. The standard InChI is InChI=1S/C16H16N6O3.C2H6/c1-3-10-12(4-2)19-14(20-15(10)23)9-5-6-13(25-8-17)11(7-9)16(24)21-22-18;1-2/h3-7,14,19H,1-2,8,17H2,(H,20,23);1-2H3. The van der Waals surface area contributed by atoms with E-state index in [1.54, 1.807) is 6.07 Å². The van der Waals surface area contributed by atoms with Crippen molar-refractivity contribution in [2.45, 2.75) is 20.0 Å². The van der Waals surface area contributed by atoms with Gasteiger partial charge in [-0.05, 0) is 34.4 Å². The van der Waals surface area contributed by atoms with Crippen molar-refractivity contribution < 1.29 is 14.3 Å². The molecular formula is C18H22N6O3. The molecule has 1 heterocycles. The fourth-order valence-corrected chi connectivity index (χ4v) is 2.34. The number of rotatable bonds is 6. The van der Waals surface area contributed by atoms with Crippen LogP contribution in [0.15, 0.2) is 59.9 Å². The van der Waals surface area contributed by atoms with Gasteiger partial charge in [-0.1, -0.05) is 39.1 Å². The molecule has 9 nitrogen and oxygen atoms in total. The first-order chi connectivity index (χ1) is 13.0. The second kappa shape index (κ2) is 10.4. The summed E-state index contributed by atoms with van der Waals surface area (Å²) in [4.78, 5) is 26.6. The van der Waals surface area contributed by atoms with Crippen LogP contribution in [0, 0.1) is 0 Å². The normalized spacial score (nSPS) is 15.2. The molecule has 0 radical (unpaired) electrons. The third-order valence-electron chi connectivity index (χ3n) is 3.46. The summed E-state index contributed by atoms with van der Waals surface area (Å²) >= 11 is 0. The van der Waals surface area contributed by atoms with Gasteiger partial charge in [-0.3, -0.25) is 15.3 Å². The average molecular weight is 370 g/mol. The van der Waals surface area contributed by atoms with Crippen molar-refractivity contribution in [2.24, 2.45) is 10.8 Å². The summed E-state index contributed by atoms with van der Waals surface area (Å²) < 4.78 is 5.17. The molecule has 0 saturated heterocycles. The van der Waals surface area contributed by atoms with Gasteiger partial charge in [-0.15, -0.1) is 0 Å². The molecule has 142 valence electrons. The Morgan fingerprint density at radius 1 is 1.37 bits per heavy atom. The van der Waals surface area contributed by atoms with E-state index in [-0.39, 0.29) is 24.0 Å². The molecule has 1 aromatic carbocycles. The van der Waals surface area contributed by atoms with Gasteiger partial charge in [0, 0.05) is 10.6 Å². The Bertz CT molecular complexity index is 824. The maximum absolute atomic E-state index is 12.2. The summed E-state index contributed by atoms with van der Waals surface area (Å²) in [5.41, 5.74) is 15.3. The number of ether oxygens (including phenoxy) is 1. The largest absolute Gasteiger partial charge is 0.478 e. The van der Waals surface area contributed by atoms with E-state index in [9.17, 15) is 9.59 Å². The van der Waals surface area contributed by atoms with Gasteiger partial charge in [-0.2, -0.15) is 0 Å². The minimum absolute atomic E-state index is 0.0375. The maximum Gasteiger partial charge on any atom is 0.255 e. The van der Waals surface area contributed by atoms with Crippen LogP contribution >= 0.6 is 0 Å². The topological polar surface area (TPSA) is 142 Å². The summed E-state index contributed by atoms with van der Waals surface area (Å²) in [7, 11) is 0. The summed E-state index contributed by atoms with van der Waals surface area (Å²) in [5, 5.41) is 8.89. The highest BCUT2D eigenvalue weighted by Crippen LogP contribution is 2.26. The second-order valence-electron chi connectivity index (χ2n) is 4.85. The van der Waals surface area contributed by atoms with Gasteiger partial charge in [0.25, 0.3) is 11.8 Å². The molecule has 2 amide bonds. The van der Waals surface area contributed by atoms with Crippen molar-refractivity contribution in [3.05, 3.63) is 76.3 Å². The van der Waals surface area contributed by atoms with E-state index in [2.05, 4.69) is 33.8 Å². The molecule has 0 fully saturated rings. The number of benzene rings is 1. The van der Waals surface area contributed by atoms with Crippen LogP contribution in [-0.2, 0) is 4.79 Å². The van der Waals surface area contributed by atoms with Gasteiger partial charge in [0.05, 0.1) is 11.1 Å². The van der Waals surface area contributed by atoms with Gasteiger partial charge < -0.3 is 15.4 Å². The number of carbonyl (C=O) groups is 2. The van der Waals surface area contributed by atoms with E-state index in [1.165, 1.54) is 24.3 Å². The molecule has 0 aromatic heterocycles. The summed E-state index contributed by atoms with van der Waals surface area (Å²) in [5.74, 6) is -0.975. The molecule has 9 heteroatoms. The lowest BCUT2D eigenvalue weighted by molar-refractivity contribution is -0.118. The third-order valence-corrected chi connectivity index (χ3v) is 3.46. The van der Waals surface area contributed by atoms with Crippen LogP contribution in [0.5, 0.6) is 5.75 Å². The van der Waals surface area contributed by atoms with Crippen molar-refractivity contribution in [3.63, 3.8) is 0 Å². The molecule has 1 atom stereocenters. The number of hydrogen-bond donors (Lipinski definition) is 3. The predicted octanol–water partition coefficient (Wildman–Crippen LogP) is 2.80. The van der Waals surface area contributed by atoms with Crippen molar-refractivity contribution in [1.82, 2.24) is 10.6 Å². The molecule has 4 N–H and O–H groups in total. The Kier molecular flexibility index (Phi) is 8.31. The van der Waals surface area contributed by atoms with Gasteiger partial charge in [0.2, 0.25) is 0 Å². The Hall–Kier alpha value is -3.55. The van der Waals surface area contributed by atoms with Crippen LogP contribution < -0.4 is 21.1 Å². The van der Waals surface area contributed by atoms with Crippen molar-refractivity contribution >= 4 is 11.8 Å². The zero-order chi connectivity index (χ0) is 20.4. The van der Waals surface area contributed by atoms with Crippen LogP contribution in [0.2, 0.25) is 0 Å². The van der Waals surface area contributed by atoms with E-state index >= 15 is 0 Å². The molecule has 1 unspecified atom stereocenters. The molecule has 1 aliphatic rings. The first kappa shape index (κ1) is 21.5. The summed E-state index contributed by atoms with van der Waals surface area (Å²) in [6, 6.07) is 4.62. The molecule has 0 saturated carbocycles. The Labute approximate surface area is 157 Å². The monoisotopic (exact) mass is 370 g/mol. The fraction of sp³-hybridized carbons (Fsp3) is 0.222. The minimum Gasteiger partial charge on any atom is -0.478 e. The Morgan fingerprint density at radius 3 is 2.63 bits per heavy atom. The highest BCUT2D eigenvalue weighted by molar-refractivity contribution is 5.99. The quantitative estimate of drug-likeness (QED) is 0.305. The Balaban J connectivity index is 0.00000176. The van der Waals surface area contributed by atoms with Gasteiger partial charge in [0.1, 0.15) is 18.6 Å². The number of allylic oxidation sites excluding steroid dienone is 1. The highest BCUT2D eigenvalue weighted by Gasteiger charge is 2.25. The molecule has 27 heavy (non-hydrogen) atoms. The first-order valence-electron chi connectivity index (χ1n) is 8.18. The van der Waals surface area contributed by atoms with E-state index in [4.69, 9.17) is 16.0 Å². The lowest BCUT2D eigenvalue weighted by atomic mass is 10.0. The zero-order valence-corrected chi connectivity index (χ0v) is 15.2. The average Bonchev–Trinajstić information content (AvgIpc) is 2.69. The van der Waals surface area contributed by atoms with Crippen molar-refractivity contribution in [3.8, 4) is 5.75 Å².